The zero-order valence-electron chi connectivity index (χ0n) is 9.43. The Hall–Kier alpha value is -0.940. The van der Waals surface area contributed by atoms with Gasteiger partial charge in [-0.05, 0) is 12.1 Å². The van der Waals surface area contributed by atoms with E-state index in [4.69, 9.17) is 51.1 Å². The summed E-state index contributed by atoms with van der Waals surface area (Å²) in [6, 6.07) is 3.11. The molecule has 2 aromatic rings. The standard InChI is InChI=1S/C11H6Cl4N2O2/c1-19-10-5(12)2-4(3-6(10)13)8-7(14)9(18)11(15)17-16-8/h2-3H,1H3,(H,16,18). The number of methoxy groups -OCH3 is 1. The van der Waals surface area contributed by atoms with Gasteiger partial charge < -0.3 is 4.74 Å². The third kappa shape index (κ3) is 2.67. The maximum atomic E-state index is 11.6. The summed E-state index contributed by atoms with van der Waals surface area (Å²) in [4.78, 5) is 11.6. The van der Waals surface area contributed by atoms with Crippen molar-refractivity contribution in [3.63, 3.8) is 0 Å². The van der Waals surface area contributed by atoms with Crippen molar-refractivity contribution in [1.82, 2.24) is 10.2 Å². The molecule has 0 aliphatic rings. The molecule has 19 heavy (non-hydrogen) atoms. The lowest BCUT2D eigenvalue weighted by molar-refractivity contribution is 0.415. The molecule has 4 nitrogen and oxygen atoms in total. The molecule has 8 heteroatoms. The Morgan fingerprint density at radius 3 is 2.26 bits per heavy atom. The third-order valence-corrected chi connectivity index (χ3v) is 3.54. The lowest BCUT2D eigenvalue weighted by Crippen LogP contribution is -2.08. The second kappa shape index (κ2) is 5.59. The van der Waals surface area contributed by atoms with Crippen molar-refractivity contribution in [2.24, 2.45) is 0 Å². The number of ether oxygens (including phenoxy) is 1. The first-order valence-electron chi connectivity index (χ1n) is 4.92. The molecule has 1 aromatic carbocycles. The molecule has 0 saturated carbocycles. The zero-order chi connectivity index (χ0) is 14.2. The number of aromatic nitrogens is 2. The summed E-state index contributed by atoms with van der Waals surface area (Å²) < 4.78 is 5.03. The highest BCUT2D eigenvalue weighted by atomic mass is 35.5. The first-order chi connectivity index (χ1) is 8.95. The van der Waals surface area contributed by atoms with Crippen molar-refractivity contribution in [2.75, 3.05) is 7.11 Å². The van der Waals surface area contributed by atoms with Crippen LogP contribution >= 0.6 is 46.4 Å². The molecule has 2 rings (SSSR count). The minimum absolute atomic E-state index is 0.0858. The van der Waals surface area contributed by atoms with E-state index in [0.717, 1.165) is 0 Å². The summed E-state index contributed by atoms with van der Waals surface area (Å²) in [7, 11) is 1.45. The number of aromatic amines is 1. The van der Waals surface area contributed by atoms with Crippen molar-refractivity contribution in [3.05, 3.63) is 42.6 Å². The monoisotopic (exact) mass is 338 g/mol. The van der Waals surface area contributed by atoms with Gasteiger partial charge in [-0.1, -0.05) is 46.4 Å². The van der Waals surface area contributed by atoms with Gasteiger partial charge in [-0.3, -0.25) is 9.89 Å². The summed E-state index contributed by atoms with van der Waals surface area (Å²) in [5.41, 5.74) is 0.213. The maximum absolute atomic E-state index is 11.6. The van der Waals surface area contributed by atoms with Gasteiger partial charge >= 0.3 is 0 Å². The third-order valence-electron chi connectivity index (χ3n) is 2.36. The van der Waals surface area contributed by atoms with Crippen LogP contribution in [-0.2, 0) is 0 Å². The predicted octanol–water partition coefficient (Wildman–Crippen LogP) is 4.06. The van der Waals surface area contributed by atoms with Crippen LogP contribution in [0.2, 0.25) is 20.2 Å². The summed E-state index contributed by atoms with van der Waals surface area (Å²) in [5, 5.41) is 6.48. The van der Waals surface area contributed by atoms with Crippen LogP contribution in [0.1, 0.15) is 0 Å². The minimum Gasteiger partial charge on any atom is -0.494 e. The Labute approximate surface area is 128 Å². The van der Waals surface area contributed by atoms with Crippen molar-refractivity contribution >= 4 is 46.4 Å². The largest absolute Gasteiger partial charge is 0.494 e. The Morgan fingerprint density at radius 1 is 1.16 bits per heavy atom. The van der Waals surface area contributed by atoms with E-state index in [1.54, 1.807) is 12.1 Å². The molecular weight excluding hydrogens is 334 g/mol. The van der Waals surface area contributed by atoms with E-state index in [2.05, 4.69) is 10.2 Å². The first-order valence-corrected chi connectivity index (χ1v) is 6.44. The van der Waals surface area contributed by atoms with Crippen LogP contribution in [0.4, 0.5) is 0 Å². The molecule has 0 spiro atoms. The minimum atomic E-state index is -0.569. The van der Waals surface area contributed by atoms with Gasteiger partial charge in [0.2, 0.25) is 5.43 Å². The van der Waals surface area contributed by atoms with Crippen LogP contribution in [0, 0.1) is 0 Å². The van der Waals surface area contributed by atoms with Crippen LogP contribution in [0.15, 0.2) is 16.9 Å². The number of nitrogens with zero attached hydrogens (tertiary/aromatic N) is 1. The van der Waals surface area contributed by atoms with Crippen LogP contribution in [0.25, 0.3) is 11.3 Å². The smallest absolute Gasteiger partial charge is 0.238 e. The average Bonchev–Trinajstić information content (AvgIpc) is 2.35. The molecular formula is C11H6Cl4N2O2. The van der Waals surface area contributed by atoms with Crippen molar-refractivity contribution in [3.8, 4) is 17.0 Å². The van der Waals surface area contributed by atoms with E-state index in [9.17, 15) is 4.79 Å². The highest BCUT2D eigenvalue weighted by Crippen LogP contribution is 2.37. The Morgan fingerprint density at radius 2 is 1.74 bits per heavy atom. The molecule has 1 heterocycles. The number of nitrogens with one attached hydrogen (secondary N) is 1. The molecule has 0 saturated heterocycles. The molecule has 0 aliphatic carbocycles. The van der Waals surface area contributed by atoms with E-state index >= 15 is 0 Å². The van der Waals surface area contributed by atoms with Crippen LogP contribution in [0.3, 0.4) is 0 Å². The summed E-state index contributed by atoms with van der Waals surface area (Å²) in [6.07, 6.45) is 0. The summed E-state index contributed by atoms with van der Waals surface area (Å²) >= 11 is 23.5. The molecule has 0 fully saturated rings. The molecule has 0 bridgehead atoms. The SMILES string of the molecule is COc1c(Cl)cc(-c2[nH]nc(Cl)c(=O)c2Cl)cc1Cl. The van der Waals surface area contributed by atoms with Gasteiger partial charge in [0, 0.05) is 5.56 Å². The van der Waals surface area contributed by atoms with Gasteiger partial charge in [0.1, 0.15) is 5.02 Å². The number of benzene rings is 1. The Balaban J connectivity index is 2.67. The number of H-pyrrole nitrogens is 1. The number of hydrogen-bond donors (Lipinski definition) is 1. The van der Waals surface area contributed by atoms with Crippen molar-refractivity contribution in [1.29, 1.82) is 0 Å². The zero-order valence-corrected chi connectivity index (χ0v) is 12.5. The molecule has 100 valence electrons. The van der Waals surface area contributed by atoms with Gasteiger partial charge in [0.05, 0.1) is 22.8 Å². The van der Waals surface area contributed by atoms with Crippen molar-refractivity contribution < 1.29 is 4.74 Å². The lowest BCUT2D eigenvalue weighted by Gasteiger charge is -2.09. The van der Waals surface area contributed by atoms with Gasteiger partial charge in [-0.15, -0.1) is 0 Å². The Bertz CT molecular complexity index is 677. The quantitative estimate of drug-likeness (QED) is 0.897. The highest BCUT2D eigenvalue weighted by Gasteiger charge is 2.15. The lowest BCUT2D eigenvalue weighted by atomic mass is 10.1. The normalized spacial score (nSPS) is 10.6. The van der Waals surface area contributed by atoms with E-state index in [1.165, 1.54) is 7.11 Å². The topological polar surface area (TPSA) is 55.0 Å². The number of hydrogen-bond acceptors (Lipinski definition) is 3. The van der Waals surface area contributed by atoms with Crippen LogP contribution in [0.5, 0.6) is 5.75 Å². The second-order valence-corrected chi connectivity index (χ2v) is 5.06. The van der Waals surface area contributed by atoms with E-state index < -0.39 is 5.43 Å². The molecule has 1 N–H and O–H groups in total. The van der Waals surface area contributed by atoms with E-state index in [1.807, 2.05) is 0 Å². The van der Waals surface area contributed by atoms with E-state index in [0.29, 0.717) is 11.3 Å². The first kappa shape index (κ1) is 14.5. The molecule has 0 atom stereocenters. The summed E-state index contributed by atoms with van der Waals surface area (Å²) in [5.74, 6) is 0.340. The van der Waals surface area contributed by atoms with Crippen molar-refractivity contribution in [2.45, 2.75) is 0 Å². The summed E-state index contributed by atoms with van der Waals surface area (Å²) in [6.45, 7) is 0. The van der Waals surface area contributed by atoms with Gasteiger partial charge in [-0.25, -0.2) is 0 Å². The Kier molecular flexibility index (Phi) is 4.26. The highest BCUT2D eigenvalue weighted by molar-refractivity contribution is 6.38. The predicted molar refractivity (Wildman–Crippen MR) is 76.9 cm³/mol. The van der Waals surface area contributed by atoms with Gasteiger partial charge in [0.15, 0.2) is 10.9 Å². The fourth-order valence-electron chi connectivity index (χ4n) is 1.50. The van der Waals surface area contributed by atoms with E-state index in [-0.39, 0.29) is 25.9 Å². The fraction of sp³-hybridized carbons (Fsp3) is 0.0909. The number of rotatable bonds is 2. The van der Waals surface area contributed by atoms with Gasteiger partial charge in [-0.2, -0.15) is 5.10 Å². The molecule has 0 aliphatic heterocycles. The fourth-order valence-corrected chi connectivity index (χ4v) is 2.57. The second-order valence-electron chi connectivity index (χ2n) is 3.51. The molecule has 0 amide bonds. The van der Waals surface area contributed by atoms with Gasteiger partial charge in [0.25, 0.3) is 0 Å². The van der Waals surface area contributed by atoms with Crippen LogP contribution < -0.4 is 10.2 Å². The average molecular weight is 340 g/mol. The maximum Gasteiger partial charge on any atom is 0.238 e. The van der Waals surface area contributed by atoms with Crippen LogP contribution in [-0.4, -0.2) is 17.3 Å². The molecule has 0 unspecified atom stereocenters. The molecule has 0 radical (unpaired) electrons. The number of halogens is 4. The molecule has 1 aromatic heterocycles.